The van der Waals surface area contributed by atoms with Crippen LogP contribution in [0.25, 0.3) is 0 Å². The number of nitro benzene ring substituents is 2. The number of nitro groups is 2. The first kappa shape index (κ1) is 15.7. The van der Waals surface area contributed by atoms with E-state index in [4.69, 9.17) is 5.21 Å². The Bertz CT molecular complexity index is 767. The summed E-state index contributed by atoms with van der Waals surface area (Å²) in [5.41, 5.74) is -1.78. The highest BCUT2D eigenvalue weighted by Gasteiger charge is 2.21. The summed E-state index contributed by atoms with van der Waals surface area (Å²) >= 11 is 0. The SMILES string of the molecule is O=[N+]([O-])c1ccc(O)c(C(=NO)c2cc([N+](=O)[O-])ccc2O)c1. The zero-order valence-corrected chi connectivity index (χ0v) is 11.3. The standard InChI is InChI=1S/C13H9N3O7/c17-11-3-1-7(15(20)21)5-9(11)13(14-19)10-6-8(16(22)23)2-4-12(10)18/h1-6,17-19H. The van der Waals surface area contributed by atoms with E-state index in [2.05, 4.69) is 5.16 Å². The number of benzene rings is 2. The van der Waals surface area contributed by atoms with Gasteiger partial charge in [-0.05, 0) is 12.1 Å². The van der Waals surface area contributed by atoms with Gasteiger partial charge in [0.2, 0.25) is 0 Å². The Kier molecular flexibility index (Phi) is 4.07. The van der Waals surface area contributed by atoms with Crippen molar-refractivity contribution in [1.82, 2.24) is 0 Å². The van der Waals surface area contributed by atoms with Crippen LogP contribution in [-0.4, -0.2) is 31.0 Å². The minimum Gasteiger partial charge on any atom is -0.507 e. The summed E-state index contributed by atoms with van der Waals surface area (Å²) in [5.74, 6) is -0.927. The normalized spacial score (nSPS) is 10.1. The molecule has 0 fully saturated rings. The zero-order valence-electron chi connectivity index (χ0n) is 11.3. The van der Waals surface area contributed by atoms with Crippen molar-refractivity contribution in [2.45, 2.75) is 0 Å². The minimum absolute atomic E-state index is 0.266. The minimum atomic E-state index is -0.731. The Balaban J connectivity index is 2.66. The van der Waals surface area contributed by atoms with Gasteiger partial charge < -0.3 is 15.4 Å². The smallest absolute Gasteiger partial charge is 0.270 e. The molecule has 3 N–H and O–H groups in total. The molecule has 10 nitrogen and oxygen atoms in total. The van der Waals surface area contributed by atoms with Gasteiger partial charge >= 0.3 is 0 Å². The number of non-ortho nitro benzene ring substituents is 2. The highest BCUT2D eigenvalue weighted by Crippen LogP contribution is 2.31. The lowest BCUT2D eigenvalue weighted by Gasteiger charge is -2.09. The second-order valence-corrected chi connectivity index (χ2v) is 4.37. The van der Waals surface area contributed by atoms with Crippen LogP contribution in [0.4, 0.5) is 11.4 Å². The molecule has 23 heavy (non-hydrogen) atoms. The highest BCUT2D eigenvalue weighted by atomic mass is 16.6. The van der Waals surface area contributed by atoms with Gasteiger partial charge in [-0.3, -0.25) is 20.2 Å². The average Bonchev–Trinajstić information content (AvgIpc) is 2.50. The van der Waals surface area contributed by atoms with E-state index in [1.807, 2.05) is 0 Å². The number of phenols is 2. The molecule has 0 saturated carbocycles. The van der Waals surface area contributed by atoms with Crippen LogP contribution in [0.2, 0.25) is 0 Å². The van der Waals surface area contributed by atoms with E-state index in [1.54, 1.807) is 0 Å². The number of hydrogen-bond acceptors (Lipinski definition) is 8. The van der Waals surface area contributed by atoms with E-state index in [1.165, 1.54) is 0 Å². The van der Waals surface area contributed by atoms with Gasteiger partial charge in [-0.2, -0.15) is 0 Å². The Morgan fingerprint density at radius 3 is 1.57 bits per heavy atom. The maximum Gasteiger partial charge on any atom is 0.270 e. The maximum atomic E-state index is 10.8. The average molecular weight is 319 g/mol. The number of rotatable bonds is 4. The highest BCUT2D eigenvalue weighted by molar-refractivity contribution is 6.16. The maximum absolute atomic E-state index is 10.8. The van der Waals surface area contributed by atoms with E-state index in [-0.39, 0.29) is 11.1 Å². The van der Waals surface area contributed by atoms with Crippen LogP contribution in [0.1, 0.15) is 11.1 Å². The molecule has 2 aromatic rings. The first-order valence-corrected chi connectivity index (χ1v) is 6.02. The second kappa shape index (κ2) is 5.97. The lowest BCUT2D eigenvalue weighted by Crippen LogP contribution is -2.06. The van der Waals surface area contributed by atoms with Crippen LogP contribution in [0.5, 0.6) is 11.5 Å². The predicted molar refractivity (Wildman–Crippen MR) is 76.9 cm³/mol. The van der Waals surface area contributed by atoms with Gasteiger partial charge in [0.15, 0.2) is 0 Å². The van der Waals surface area contributed by atoms with Crippen molar-refractivity contribution < 1.29 is 25.3 Å². The van der Waals surface area contributed by atoms with Gasteiger partial charge in [-0.1, -0.05) is 5.16 Å². The number of oxime groups is 1. The van der Waals surface area contributed by atoms with Crippen molar-refractivity contribution in [3.8, 4) is 11.5 Å². The molecule has 0 radical (unpaired) electrons. The molecule has 118 valence electrons. The van der Waals surface area contributed by atoms with Crippen LogP contribution in [0, 0.1) is 20.2 Å². The fraction of sp³-hybridized carbons (Fsp3) is 0. The van der Waals surface area contributed by atoms with Crippen molar-refractivity contribution in [3.63, 3.8) is 0 Å². The topological polar surface area (TPSA) is 159 Å². The zero-order chi connectivity index (χ0) is 17.1. The monoisotopic (exact) mass is 319 g/mol. The molecule has 0 aliphatic rings. The van der Waals surface area contributed by atoms with Gasteiger partial charge in [0, 0.05) is 24.3 Å². The van der Waals surface area contributed by atoms with Crippen LogP contribution < -0.4 is 0 Å². The third-order valence-corrected chi connectivity index (χ3v) is 2.99. The molecule has 0 aromatic heterocycles. The molecule has 2 rings (SSSR count). The molecule has 0 unspecified atom stereocenters. The fourth-order valence-corrected chi connectivity index (χ4v) is 1.91. The van der Waals surface area contributed by atoms with Gasteiger partial charge in [0.25, 0.3) is 11.4 Å². The predicted octanol–water partition coefficient (Wildman–Crippen LogP) is 2.14. The first-order chi connectivity index (χ1) is 10.8. The summed E-state index contributed by atoms with van der Waals surface area (Å²) in [4.78, 5) is 20.1. The Hall–Kier alpha value is -3.69. The van der Waals surface area contributed by atoms with Crippen molar-refractivity contribution in [1.29, 1.82) is 0 Å². The van der Waals surface area contributed by atoms with E-state index in [0.717, 1.165) is 36.4 Å². The summed E-state index contributed by atoms with van der Waals surface area (Å²) < 4.78 is 0. The molecule has 0 atom stereocenters. The Morgan fingerprint density at radius 1 is 0.870 bits per heavy atom. The molecule has 0 bridgehead atoms. The van der Waals surface area contributed by atoms with Crippen LogP contribution >= 0.6 is 0 Å². The quantitative estimate of drug-likeness (QED) is 0.337. The molecule has 0 heterocycles. The second-order valence-electron chi connectivity index (χ2n) is 4.37. The summed E-state index contributed by atoms with van der Waals surface area (Å²) in [6.45, 7) is 0. The van der Waals surface area contributed by atoms with Crippen LogP contribution in [0.15, 0.2) is 41.6 Å². The molecular formula is C13H9N3O7. The van der Waals surface area contributed by atoms with Crippen LogP contribution in [0.3, 0.4) is 0 Å². The molecule has 2 aromatic carbocycles. The van der Waals surface area contributed by atoms with Crippen molar-refractivity contribution in [2.75, 3.05) is 0 Å². The van der Waals surface area contributed by atoms with Gasteiger partial charge in [0.1, 0.15) is 17.2 Å². The van der Waals surface area contributed by atoms with Crippen molar-refractivity contribution in [2.24, 2.45) is 5.16 Å². The Labute approximate surface area is 127 Å². The first-order valence-electron chi connectivity index (χ1n) is 6.02. The number of phenolic OH excluding ortho intramolecular Hbond substituents is 2. The number of aromatic hydroxyl groups is 2. The molecule has 0 spiro atoms. The van der Waals surface area contributed by atoms with Crippen molar-refractivity contribution in [3.05, 3.63) is 67.8 Å². The van der Waals surface area contributed by atoms with E-state index in [9.17, 15) is 30.4 Å². The summed E-state index contributed by atoms with van der Waals surface area (Å²) in [6, 6.07) is 5.91. The number of hydrogen-bond donors (Lipinski definition) is 3. The van der Waals surface area contributed by atoms with E-state index < -0.39 is 38.4 Å². The van der Waals surface area contributed by atoms with Gasteiger partial charge in [-0.25, -0.2) is 0 Å². The van der Waals surface area contributed by atoms with Crippen LogP contribution in [-0.2, 0) is 0 Å². The number of nitrogens with zero attached hydrogens (tertiary/aromatic N) is 3. The molecule has 0 saturated heterocycles. The van der Waals surface area contributed by atoms with E-state index >= 15 is 0 Å². The van der Waals surface area contributed by atoms with Gasteiger partial charge in [-0.15, -0.1) is 0 Å². The summed E-state index contributed by atoms with van der Waals surface area (Å²) in [5, 5.41) is 53.3. The summed E-state index contributed by atoms with van der Waals surface area (Å²) in [7, 11) is 0. The third-order valence-electron chi connectivity index (χ3n) is 2.99. The fourth-order valence-electron chi connectivity index (χ4n) is 1.91. The lowest BCUT2D eigenvalue weighted by molar-refractivity contribution is -0.385. The molecule has 10 heteroatoms. The van der Waals surface area contributed by atoms with Gasteiger partial charge in [0.05, 0.1) is 21.0 Å². The molecule has 0 amide bonds. The third kappa shape index (κ3) is 3.00. The largest absolute Gasteiger partial charge is 0.507 e. The molecule has 0 aliphatic heterocycles. The summed E-state index contributed by atoms with van der Waals surface area (Å²) in [6.07, 6.45) is 0. The molecular weight excluding hydrogens is 310 g/mol. The van der Waals surface area contributed by atoms with E-state index in [0.29, 0.717) is 0 Å². The van der Waals surface area contributed by atoms with Crippen molar-refractivity contribution >= 4 is 17.1 Å². The Morgan fingerprint density at radius 2 is 1.26 bits per heavy atom. The lowest BCUT2D eigenvalue weighted by atomic mass is 9.99. The molecule has 0 aliphatic carbocycles.